The molecule has 0 aliphatic carbocycles. The van der Waals surface area contributed by atoms with E-state index in [9.17, 15) is 27.2 Å². The summed E-state index contributed by atoms with van der Waals surface area (Å²) < 4.78 is 61.0. The van der Waals surface area contributed by atoms with Crippen molar-refractivity contribution < 1.29 is 31.6 Å². The summed E-state index contributed by atoms with van der Waals surface area (Å²) in [6, 6.07) is 15.6. The first-order valence-corrected chi connectivity index (χ1v) is 14.8. The van der Waals surface area contributed by atoms with Crippen LogP contribution in [0.2, 0.25) is 5.02 Å². The molecule has 1 unspecified atom stereocenters. The number of carbonyl (C=O) groups is 2. The third kappa shape index (κ3) is 6.86. The molecular formula is C31H28ClF4N7O3. The largest absolute Gasteiger partial charge is 0.437 e. The molecule has 240 valence electrons. The van der Waals surface area contributed by atoms with Crippen LogP contribution < -0.4 is 20.4 Å². The number of hydrogen-bond donors (Lipinski definition) is 2. The monoisotopic (exact) mass is 657 g/mol. The summed E-state index contributed by atoms with van der Waals surface area (Å²) in [4.78, 5) is 38.6. The van der Waals surface area contributed by atoms with Gasteiger partial charge in [-0.05, 0) is 48.4 Å². The number of amides is 3. The van der Waals surface area contributed by atoms with Crippen LogP contribution in [-0.2, 0) is 6.18 Å². The van der Waals surface area contributed by atoms with Gasteiger partial charge in [-0.15, -0.1) is 0 Å². The highest BCUT2D eigenvalue weighted by atomic mass is 35.5. The van der Waals surface area contributed by atoms with Gasteiger partial charge < -0.3 is 29.8 Å². The maximum absolute atomic E-state index is 13.9. The van der Waals surface area contributed by atoms with E-state index >= 15 is 0 Å². The third-order valence-electron chi connectivity index (χ3n) is 7.90. The maximum atomic E-state index is 13.9. The van der Waals surface area contributed by atoms with Gasteiger partial charge in [0.25, 0.3) is 11.9 Å². The molecule has 10 nitrogen and oxygen atoms in total. The van der Waals surface area contributed by atoms with Crippen molar-refractivity contribution in [2.24, 2.45) is 0 Å². The van der Waals surface area contributed by atoms with E-state index in [0.29, 0.717) is 56.5 Å². The number of alkyl halides is 3. The fraction of sp³-hybridized carbons (Fsp3) is 0.290. The Morgan fingerprint density at radius 1 is 0.913 bits per heavy atom. The fourth-order valence-corrected chi connectivity index (χ4v) is 5.59. The van der Waals surface area contributed by atoms with Crippen LogP contribution in [0.25, 0.3) is 0 Å². The van der Waals surface area contributed by atoms with Crippen molar-refractivity contribution in [2.45, 2.75) is 18.5 Å². The van der Waals surface area contributed by atoms with Crippen LogP contribution in [-0.4, -0.2) is 66.1 Å². The second kappa shape index (κ2) is 12.9. The molecule has 1 atom stereocenters. The van der Waals surface area contributed by atoms with Crippen molar-refractivity contribution in [3.8, 4) is 0 Å². The first-order chi connectivity index (χ1) is 22.0. The Morgan fingerprint density at radius 3 is 2.33 bits per heavy atom. The molecule has 4 aromatic rings. The first-order valence-electron chi connectivity index (χ1n) is 14.5. The van der Waals surface area contributed by atoms with E-state index in [0.717, 1.165) is 5.56 Å². The normalized spacial score (nSPS) is 16.9. The summed E-state index contributed by atoms with van der Waals surface area (Å²) in [5, 5.41) is 5.57. The number of piperazine rings is 1. The number of pyridine rings is 1. The van der Waals surface area contributed by atoms with E-state index in [1.165, 1.54) is 30.5 Å². The Bertz CT molecular complexity index is 1710. The van der Waals surface area contributed by atoms with Gasteiger partial charge in [0, 0.05) is 50.2 Å². The molecule has 2 aliphatic heterocycles. The van der Waals surface area contributed by atoms with Crippen molar-refractivity contribution in [2.75, 3.05) is 59.7 Å². The number of anilines is 4. The lowest BCUT2D eigenvalue weighted by Crippen LogP contribution is -2.50. The van der Waals surface area contributed by atoms with Gasteiger partial charge in [-0.25, -0.2) is 14.2 Å². The van der Waals surface area contributed by atoms with Gasteiger partial charge in [0.2, 0.25) is 5.76 Å². The molecule has 2 aliphatic rings. The highest BCUT2D eigenvalue weighted by molar-refractivity contribution is 6.30. The molecule has 2 N–H and O–H groups in total. The molecule has 3 amide bonds. The minimum atomic E-state index is -4.92. The summed E-state index contributed by atoms with van der Waals surface area (Å²) in [5.74, 6) is -1.98. The standard InChI is InChI=1S/C31H28ClF4N7O3/c32-21-7-5-19(6-8-21)20-11-12-43(18-20)30-40-27(31(34,35)36)26(46-30)28(44)38-22-9-10-25(37-17-22)41-13-15-42(16-14-41)29(45)39-24-4-2-1-3-23(24)33/h1-10,17,20H,11-16,18H2,(H,38,44)(H,39,45). The summed E-state index contributed by atoms with van der Waals surface area (Å²) >= 11 is 5.97. The average molecular weight is 658 g/mol. The molecule has 15 heteroatoms. The summed E-state index contributed by atoms with van der Waals surface area (Å²) in [5.41, 5.74) is -0.157. The number of rotatable bonds is 6. The molecular weight excluding hydrogens is 630 g/mol. The zero-order chi connectivity index (χ0) is 32.4. The Morgan fingerprint density at radius 2 is 1.65 bits per heavy atom. The second-order valence-electron chi connectivity index (χ2n) is 10.9. The number of benzene rings is 2. The molecule has 0 radical (unpaired) electrons. The lowest BCUT2D eigenvalue weighted by molar-refractivity contribution is -0.141. The van der Waals surface area contributed by atoms with Crippen molar-refractivity contribution >= 4 is 46.7 Å². The maximum Gasteiger partial charge on any atom is 0.437 e. The van der Waals surface area contributed by atoms with Gasteiger partial charge in [-0.1, -0.05) is 35.9 Å². The van der Waals surface area contributed by atoms with Crippen molar-refractivity contribution in [1.82, 2.24) is 14.9 Å². The van der Waals surface area contributed by atoms with Crippen LogP contribution in [0.4, 0.5) is 45.6 Å². The van der Waals surface area contributed by atoms with Crippen LogP contribution in [0.3, 0.4) is 0 Å². The highest BCUT2D eigenvalue weighted by Gasteiger charge is 2.42. The molecule has 4 heterocycles. The second-order valence-corrected chi connectivity index (χ2v) is 11.3. The Labute approximate surface area is 266 Å². The predicted octanol–water partition coefficient (Wildman–Crippen LogP) is 6.48. The number of nitrogens with zero attached hydrogens (tertiary/aromatic N) is 5. The Kier molecular flexibility index (Phi) is 8.71. The van der Waals surface area contributed by atoms with E-state index in [1.54, 1.807) is 34.1 Å². The van der Waals surface area contributed by atoms with E-state index in [2.05, 4.69) is 20.6 Å². The quantitative estimate of drug-likeness (QED) is 0.229. The predicted molar refractivity (Wildman–Crippen MR) is 164 cm³/mol. The van der Waals surface area contributed by atoms with Gasteiger partial charge in [-0.2, -0.15) is 18.2 Å². The molecule has 2 fully saturated rings. The lowest BCUT2D eigenvalue weighted by Gasteiger charge is -2.35. The van der Waals surface area contributed by atoms with Gasteiger partial charge in [-0.3, -0.25) is 4.79 Å². The molecule has 6 rings (SSSR count). The summed E-state index contributed by atoms with van der Waals surface area (Å²) in [6.07, 6.45) is -2.92. The van der Waals surface area contributed by atoms with Gasteiger partial charge >= 0.3 is 12.2 Å². The molecule has 2 saturated heterocycles. The SMILES string of the molecule is O=C(Nc1ccc(N2CCN(C(=O)Nc3ccccc3F)CC2)nc1)c1oc(N2CCC(c3ccc(Cl)cc3)C2)nc1C(F)(F)F. The van der Waals surface area contributed by atoms with Gasteiger partial charge in [0.15, 0.2) is 5.69 Å². The third-order valence-corrected chi connectivity index (χ3v) is 8.15. The van der Waals surface area contributed by atoms with Crippen molar-refractivity contribution in [3.05, 3.63) is 94.7 Å². The smallest absolute Gasteiger partial charge is 0.417 e. The number of hydrogen-bond acceptors (Lipinski definition) is 7. The summed E-state index contributed by atoms with van der Waals surface area (Å²) in [6.45, 7) is 2.36. The number of nitrogens with one attached hydrogen (secondary N) is 2. The van der Waals surface area contributed by atoms with Crippen LogP contribution in [0.5, 0.6) is 0 Å². The molecule has 0 saturated carbocycles. The van der Waals surface area contributed by atoms with Crippen molar-refractivity contribution in [3.63, 3.8) is 0 Å². The average Bonchev–Trinajstić information content (AvgIpc) is 3.72. The molecule has 46 heavy (non-hydrogen) atoms. The zero-order valence-corrected chi connectivity index (χ0v) is 25.0. The Hall–Kier alpha value is -4.85. The number of halogens is 5. The Balaban J connectivity index is 1.07. The zero-order valence-electron chi connectivity index (χ0n) is 24.2. The highest BCUT2D eigenvalue weighted by Crippen LogP contribution is 2.37. The fourth-order valence-electron chi connectivity index (χ4n) is 5.46. The number of urea groups is 1. The number of oxazole rings is 1. The molecule has 0 bridgehead atoms. The van der Waals surface area contributed by atoms with Crippen LogP contribution in [0, 0.1) is 5.82 Å². The first kappa shape index (κ1) is 31.1. The van der Waals surface area contributed by atoms with Crippen LogP contribution in [0.15, 0.2) is 71.3 Å². The number of para-hydroxylation sites is 1. The molecule has 0 spiro atoms. The summed E-state index contributed by atoms with van der Waals surface area (Å²) in [7, 11) is 0. The number of carbonyl (C=O) groups excluding carboxylic acids is 2. The van der Waals surface area contributed by atoms with Crippen LogP contribution in [0.1, 0.15) is 34.2 Å². The molecule has 2 aromatic carbocycles. The lowest BCUT2D eigenvalue weighted by atomic mass is 9.99. The van der Waals surface area contributed by atoms with Crippen LogP contribution >= 0.6 is 11.6 Å². The van der Waals surface area contributed by atoms with Gasteiger partial charge in [0.1, 0.15) is 11.6 Å². The minimum absolute atomic E-state index is 0.0411. The topological polar surface area (TPSA) is 107 Å². The minimum Gasteiger partial charge on any atom is -0.417 e. The van der Waals surface area contributed by atoms with E-state index < -0.39 is 35.4 Å². The number of aromatic nitrogens is 2. The van der Waals surface area contributed by atoms with Crippen molar-refractivity contribution in [1.29, 1.82) is 0 Å². The van der Waals surface area contributed by atoms with Gasteiger partial charge in [0.05, 0.1) is 17.6 Å². The van der Waals surface area contributed by atoms with E-state index in [4.69, 9.17) is 16.0 Å². The molecule has 2 aromatic heterocycles. The van der Waals surface area contributed by atoms with E-state index in [-0.39, 0.29) is 23.3 Å². The van der Waals surface area contributed by atoms with E-state index in [1.807, 2.05) is 17.0 Å².